The van der Waals surface area contributed by atoms with E-state index in [2.05, 4.69) is 5.32 Å². The molecular formula is C16H21NO4. The molecule has 0 aliphatic carbocycles. The Morgan fingerprint density at radius 2 is 2.14 bits per heavy atom. The van der Waals surface area contributed by atoms with Gasteiger partial charge in [0.2, 0.25) is 0 Å². The summed E-state index contributed by atoms with van der Waals surface area (Å²) in [5.74, 6) is -0.150. The number of methoxy groups -OCH3 is 1. The quantitative estimate of drug-likeness (QED) is 0.617. The van der Waals surface area contributed by atoms with Crippen molar-refractivity contribution in [2.45, 2.75) is 26.3 Å². The zero-order valence-corrected chi connectivity index (χ0v) is 12.6. The summed E-state index contributed by atoms with van der Waals surface area (Å²) in [5.41, 5.74) is 0.815. The minimum absolute atomic E-state index is 0.0727. The molecule has 0 saturated carbocycles. The highest BCUT2D eigenvalue weighted by atomic mass is 16.5. The third-order valence-corrected chi connectivity index (χ3v) is 2.87. The highest BCUT2D eigenvalue weighted by Gasteiger charge is 2.07. The van der Waals surface area contributed by atoms with E-state index in [0.717, 1.165) is 12.0 Å². The number of nitrogens with one attached hydrogen (secondary N) is 1. The summed E-state index contributed by atoms with van der Waals surface area (Å²) in [5, 5.41) is 2.72. The molecule has 21 heavy (non-hydrogen) atoms. The average molecular weight is 291 g/mol. The number of esters is 1. The smallest absolute Gasteiger partial charge is 0.331 e. The molecule has 1 aromatic carbocycles. The predicted octanol–water partition coefficient (Wildman–Crippen LogP) is 2.17. The molecule has 0 unspecified atom stereocenters. The predicted molar refractivity (Wildman–Crippen MR) is 80.9 cm³/mol. The van der Waals surface area contributed by atoms with Gasteiger partial charge in [-0.25, -0.2) is 4.79 Å². The van der Waals surface area contributed by atoms with Crippen LogP contribution in [0.5, 0.6) is 5.75 Å². The Labute approximate surface area is 124 Å². The molecule has 1 rings (SSSR count). The highest BCUT2D eigenvalue weighted by molar-refractivity contribution is 5.89. The topological polar surface area (TPSA) is 64.6 Å². The number of hydrogen-bond acceptors (Lipinski definition) is 4. The first kappa shape index (κ1) is 16.8. The molecule has 0 radical (unpaired) electrons. The van der Waals surface area contributed by atoms with E-state index in [1.807, 2.05) is 32.0 Å². The second-order valence-corrected chi connectivity index (χ2v) is 4.59. The van der Waals surface area contributed by atoms with Crippen LogP contribution in [0.15, 0.2) is 30.3 Å². The maximum atomic E-state index is 11.5. The largest absolute Gasteiger partial charge is 0.497 e. The molecule has 1 amide bonds. The van der Waals surface area contributed by atoms with Gasteiger partial charge in [0.05, 0.1) is 7.11 Å². The lowest BCUT2D eigenvalue weighted by Crippen LogP contribution is -2.35. The van der Waals surface area contributed by atoms with Gasteiger partial charge in [-0.1, -0.05) is 19.1 Å². The van der Waals surface area contributed by atoms with Crippen molar-refractivity contribution in [1.29, 1.82) is 0 Å². The van der Waals surface area contributed by atoms with Gasteiger partial charge in [0, 0.05) is 12.1 Å². The molecule has 0 saturated heterocycles. The Hall–Kier alpha value is -2.30. The summed E-state index contributed by atoms with van der Waals surface area (Å²) < 4.78 is 9.94. The number of carbonyl (C=O) groups excluding carboxylic acids is 2. The fourth-order valence-electron chi connectivity index (χ4n) is 1.51. The Bertz CT molecular complexity index is 511. The molecule has 0 aromatic heterocycles. The lowest BCUT2D eigenvalue weighted by molar-refractivity contribution is -0.144. The fourth-order valence-corrected chi connectivity index (χ4v) is 1.51. The standard InChI is InChI=1S/C16H21NO4/c1-4-12(2)17-15(18)11-21-16(19)9-8-13-6-5-7-14(10-13)20-3/h5-10,12H,4,11H2,1-3H3,(H,17,18)/b9-8+/t12-/m1/s1. The van der Waals surface area contributed by atoms with E-state index in [4.69, 9.17) is 9.47 Å². The van der Waals surface area contributed by atoms with Gasteiger partial charge >= 0.3 is 5.97 Å². The summed E-state index contributed by atoms with van der Waals surface area (Å²) >= 11 is 0. The van der Waals surface area contributed by atoms with Crippen LogP contribution in [0.4, 0.5) is 0 Å². The van der Waals surface area contributed by atoms with Crippen LogP contribution in [0.25, 0.3) is 6.08 Å². The van der Waals surface area contributed by atoms with Crippen LogP contribution in [0.3, 0.4) is 0 Å². The molecule has 0 fully saturated rings. The summed E-state index contributed by atoms with van der Waals surface area (Å²) in [6.07, 6.45) is 3.72. The second kappa shape index (κ2) is 8.79. The summed E-state index contributed by atoms with van der Waals surface area (Å²) in [6.45, 7) is 3.59. The Balaban J connectivity index is 2.42. The molecule has 0 spiro atoms. The first-order valence-corrected chi connectivity index (χ1v) is 6.83. The molecule has 1 aromatic rings. The van der Waals surface area contributed by atoms with Crippen LogP contribution in [0.2, 0.25) is 0 Å². The Morgan fingerprint density at radius 3 is 2.81 bits per heavy atom. The van der Waals surface area contributed by atoms with Crippen LogP contribution >= 0.6 is 0 Å². The maximum Gasteiger partial charge on any atom is 0.331 e. The molecule has 0 aliphatic rings. The molecule has 5 heteroatoms. The van der Waals surface area contributed by atoms with E-state index < -0.39 is 5.97 Å². The molecule has 0 heterocycles. The summed E-state index contributed by atoms with van der Waals surface area (Å²) in [6, 6.07) is 7.34. The zero-order chi connectivity index (χ0) is 15.7. The van der Waals surface area contributed by atoms with Crippen molar-refractivity contribution in [3.63, 3.8) is 0 Å². The molecule has 5 nitrogen and oxygen atoms in total. The molecule has 114 valence electrons. The summed E-state index contributed by atoms with van der Waals surface area (Å²) in [4.78, 5) is 23.0. The number of hydrogen-bond donors (Lipinski definition) is 1. The maximum absolute atomic E-state index is 11.5. The number of amides is 1. The van der Waals surface area contributed by atoms with E-state index in [-0.39, 0.29) is 18.6 Å². The Morgan fingerprint density at radius 1 is 1.38 bits per heavy atom. The average Bonchev–Trinajstić information content (AvgIpc) is 2.50. The van der Waals surface area contributed by atoms with E-state index in [1.54, 1.807) is 19.3 Å². The molecule has 1 atom stereocenters. The molecule has 0 aliphatic heterocycles. The van der Waals surface area contributed by atoms with Gasteiger partial charge in [0.15, 0.2) is 6.61 Å². The lowest BCUT2D eigenvalue weighted by atomic mass is 10.2. The first-order valence-electron chi connectivity index (χ1n) is 6.83. The van der Waals surface area contributed by atoms with Crippen LogP contribution in [0, 0.1) is 0 Å². The van der Waals surface area contributed by atoms with Gasteiger partial charge in [-0.2, -0.15) is 0 Å². The normalized spacial score (nSPS) is 12.0. The van der Waals surface area contributed by atoms with Crippen molar-refractivity contribution in [1.82, 2.24) is 5.32 Å². The highest BCUT2D eigenvalue weighted by Crippen LogP contribution is 2.13. The molecular weight excluding hydrogens is 270 g/mol. The van der Waals surface area contributed by atoms with E-state index in [9.17, 15) is 9.59 Å². The van der Waals surface area contributed by atoms with Crippen molar-refractivity contribution < 1.29 is 19.1 Å². The summed E-state index contributed by atoms with van der Waals surface area (Å²) in [7, 11) is 1.58. The number of carbonyl (C=O) groups is 2. The van der Waals surface area contributed by atoms with Crippen LogP contribution in [-0.2, 0) is 14.3 Å². The van der Waals surface area contributed by atoms with Crippen molar-refractivity contribution in [3.05, 3.63) is 35.9 Å². The monoisotopic (exact) mass is 291 g/mol. The van der Waals surface area contributed by atoms with Gasteiger partial charge in [-0.05, 0) is 37.1 Å². The van der Waals surface area contributed by atoms with Gasteiger partial charge in [0.25, 0.3) is 5.91 Å². The van der Waals surface area contributed by atoms with Crippen molar-refractivity contribution >= 4 is 18.0 Å². The number of benzene rings is 1. The minimum Gasteiger partial charge on any atom is -0.497 e. The van der Waals surface area contributed by atoms with E-state index in [0.29, 0.717) is 5.75 Å². The van der Waals surface area contributed by atoms with Crippen LogP contribution in [0.1, 0.15) is 25.8 Å². The third kappa shape index (κ3) is 6.61. The van der Waals surface area contributed by atoms with Gasteiger partial charge in [-0.3, -0.25) is 4.79 Å². The van der Waals surface area contributed by atoms with E-state index in [1.165, 1.54) is 6.08 Å². The van der Waals surface area contributed by atoms with Gasteiger partial charge < -0.3 is 14.8 Å². The van der Waals surface area contributed by atoms with Crippen molar-refractivity contribution in [2.75, 3.05) is 13.7 Å². The Kier molecular flexibility index (Phi) is 7.01. The minimum atomic E-state index is -0.558. The lowest BCUT2D eigenvalue weighted by Gasteiger charge is -2.10. The SMILES string of the molecule is CC[C@@H](C)NC(=O)COC(=O)/C=C/c1cccc(OC)c1. The first-order chi connectivity index (χ1) is 10.0. The zero-order valence-electron chi connectivity index (χ0n) is 12.6. The van der Waals surface area contributed by atoms with Crippen molar-refractivity contribution in [3.8, 4) is 5.75 Å². The van der Waals surface area contributed by atoms with Crippen LogP contribution < -0.4 is 10.1 Å². The molecule has 1 N–H and O–H groups in total. The van der Waals surface area contributed by atoms with Crippen LogP contribution in [-0.4, -0.2) is 31.6 Å². The number of ether oxygens (including phenoxy) is 2. The third-order valence-electron chi connectivity index (χ3n) is 2.87. The fraction of sp³-hybridized carbons (Fsp3) is 0.375. The second-order valence-electron chi connectivity index (χ2n) is 4.59. The van der Waals surface area contributed by atoms with Crippen molar-refractivity contribution in [2.24, 2.45) is 0 Å². The van der Waals surface area contributed by atoms with Gasteiger partial charge in [0.1, 0.15) is 5.75 Å². The molecule has 0 bridgehead atoms. The van der Waals surface area contributed by atoms with E-state index >= 15 is 0 Å². The van der Waals surface area contributed by atoms with Gasteiger partial charge in [-0.15, -0.1) is 0 Å². The number of rotatable bonds is 7.